The van der Waals surface area contributed by atoms with Crippen LogP contribution < -0.4 is 4.72 Å². The van der Waals surface area contributed by atoms with Gasteiger partial charge in [0.2, 0.25) is 0 Å². The second-order valence-corrected chi connectivity index (χ2v) is 7.26. The van der Waals surface area contributed by atoms with Gasteiger partial charge in [0.05, 0.1) is 27.9 Å². The van der Waals surface area contributed by atoms with Crippen molar-refractivity contribution in [1.29, 1.82) is 5.26 Å². The van der Waals surface area contributed by atoms with Crippen LogP contribution in [0.4, 0.5) is 5.69 Å². The lowest BCUT2D eigenvalue weighted by Crippen LogP contribution is -2.14. The first-order valence-electron chi connectivity index (χ1n) is 7.46. The highest BCUT2D eigenvalue weighted by molar-refractivity contribution is 7.92. The summed E-state index contributed by atoms with van der Waals surface area (Å²) in [6.07, 6.45) is 0. The van der Waals surface area contributed by atoms with E-state index in [4.69, 9.17) is 9.78 Å². The third-order valence-electron chi connectivity index (χ3n) is 3.63. The number of nitrogens with one attached hydrogen (secondary N) is 1. The average molecular weight is 353 g/mol. The smallest absolute Gasteiger partial charge is 0.262 e. The summed E-state index contributed by atoms with van der Waals surface area (Å²) in [6.45, 7) is 3.51. The number of rotatable bonds is 4. The standard InChI is InChI=1S/C18H15N3O3S/c1-12-6-7-15(17-8-13(2)20-24-17)10-18(12)25(22,23)21-16-5-3-4-14(9-16)11-19/h3-10,21H,1-2H3. The topological polar surface area (TPSA) is 96.0 Å². The van der Waals surface area contributed by atoms with Crippen molar-refractivity contribution in [3.05, 3.63) is 65.4 Å². The van der Waals surface area contributed by atoms with Crippen LogP contribution in [0.2, 0.25) is 0 Å². The Kier molecular flexibility index (Phi) is 4.30. The number of aromatic nitrogens is 1. The number of nitriles is 1. The predicted octanol–water partition coefficient (Wildman–Crippen LogP) is 3.63. The molecule has 0 saturated carbocycles. The Bertz CT molecular complexity index is 1080. The van der Waals surface area contributed by atoms with Crippen molar-refractivity contribution in [3.8, 4) is 17.4 Å². The zero-order chi connectivity index (χ0) is 18.0. The molecule has 0 aliphatic rings. The predicted molar refractivity (Wildman–Crippen MR) is 93.4 cm³/mol. The van der Waals surface area contributed by atoms with E-state index in [0.717, 1.165) is 0 Å². The number of hydrogen-bond donors (Lipinski definition) is 1. The summed E-state index contributed by atoms with van der Waals surface area (Å²) < 4.78 is 33.3. The van der Waals surface area contributed by atoms with Gasteiger partial charge < -0.3 is 4.52 Å². The molecule has 0 aliphatic heterocycles. The Morgan fingerprint density at radius 1 is 1.12 bits per heavy atom. The van der Waals surface area contributed by atoms with Crippen molar-refractivity contribution in [2.45, 2.75) is 18.7 Å². The Morgan fingerprint density at radius 2 is 1.92 bits per heavy atom. The van der Waals surface area contributed by atoms with Crippen molar-refractivity contribution in [3.63, 3.8) is 0 Å². The SMILES string of the molecule is Cc1cc(-c2ccc(C)c(S(=O)(=O)Nc3cccc(C#N)c3)c2)on1. The molecule has 1 N–H and O–H groups in total. The normalized spacial score (nSPS) is 11.1. The Labute approximate surface area is 145 Å². The van der Waals surface area contributed by atoms with Crippen LogP contribution in [0.15, 0.2) is 57.9 Å². The van der Waals surface area contributed by atoms with Gasteiger partial charge in [-0.3, -0.25) is 4.72 Å². The summed E-state index contributed by atoms with van der Waals surface area (Å²) in [6, 6.07) is 15.1. The van der Waals surface area contributed by atoms with E-state index in [1.165, 1.54) is 6.07 Å². The van der Waals surface area contributed by atoms with Gasteiger partial charge in [0, 0.05) is 11.6 Å². The number of benzene rings is 2. The van der Waals surface area contributed by atoms with Gasteiger partial charge in [0.15, 0.2) is 5.76 Å². The molecule has 25 heavy (non-hydrogen) atoms. The van der Waals surface area contributed by atoms with Crippen LogP contribution in [0, 0.1) is 25.2 Å². The summed E-state index contributed by atoms with van der Waals surface area (Å²) in [7, 11) is -3.81. The second-order valence-electron chi connectivity index (χ2n) is 5.61. The number of aryl methyl sites for hydroxylation is 2. The van der Waals surface area contributed by atoms with Crippen LogP contribution in [0.25, 0.3) is 11.3 Å². The van der Waals surface area contributed by atoms with Crippen molar-refractivity contribution >= 4 is 15.7 Å². The highest BCUT2D eigenvalue weighted by atomic mass is 32.2. The van der Waals surface area contributed by atoms with Gasteiger partial charge in [-0.05, 0) is 43.7 Å². The zero-order valence-corrected chi connectivity index (χ0v) is 14.5. The largest absolute Gasteiger partial charge is 0.356 e. The van der Waals surface area contributed by atoms with Gasteiger partial charge in [-0.25, -0.2) is 8.42 Å². The van der Waals surface area contributed by atoms with E-state index < -0.39 is 10.0 Å². The van der Waals surface area contributed by atoms with Gasteiger partial charge in [0.25, 0.3) is 10.0 Å². The summed E-state index contributed by atoms with van der Waals surface area (Å²) >= 11 is 0. The minimum absolute atomic E-state index is 0.140. The van der Waals surface area contributed by atoms with Crippen molar-refractivity contribution in [2.24, 2.45) is 0 Å². The second kappa shape index (κ2) is 6.42. The molecule has 3 rings (SSSR count). The fourth-order valence-electron chi connectivity index (χ4n) is 2.40. The summed E-state index contributed by atoms with van der Waals surface area (Å²) in [5, 5.41) is 12.8. The molecule has 1 heterocycles. The fourth-order valence-corrected chi connectivity index (χ4v) is 3.73. The molecule has 0 bridgehead atoms. The van der Waals surface area contributed by atoms with Crippen molar-refractivity contribution < 1.29 is 12.9 Å². The number of anilines is 1. The van der Waals surface area contributed by atoms with Crippen molar-refractivity contribution in [2.75, 3.05) is 4.72 Å². The maximum absolute atomic E-state index is 12.8. The Morgan fingerprint density at radius 3 is 2.60 bits per heavy atom. The summed E-state index contributed by atoms with van der Waals surface area (Å²) in [4.78, 5) is 0.140. The first kappa shape index (κ1) is 16.7. The van der Waals surface area contributed by atoms with Crippen LogP contribution in [-0.4, -0.2) is 13.6 Å². The quantitative estimate of drug-likeness (QED) is 0.772. The average Bonchev–Trinajstić information content (AvgIpc) is 3.01. The summed E-state index contributed by atoms with van der Waals surface area (Å²) in [5.74, 6) is 0.500. The van der Waals surface area contributed by atoms with Gasteiger partial charge >= 0.3 is 0 Å². The van der Waals surface area contributed by atoms with Gasteiger partial charge in [-0.2, -0.15) is 5.26 Å². The third kappa shape index (κ3) is 3.54. The van der Waals surface area contributed by atoms with Gasteiger partial charge in [-0.1, -0.05) is 23.4 Å². The molecule has 0 aliphatic carbocycles. The van der Waals surface area contributed by atoms with E-state index in [9.17, 15) is 8.42 Å². The molecule has 2 aromatic carbocycles. The lowest BCUT2D eigenvalue weighted by molar-refractivity contribution is 0.427. The van der Waals surface area contributed by atoms with E-state index in [2.05, 4.69) is 9.88 Å². The number of hydrogen-bond acceptors (Lipinski definition) is 5. The molecule has 3 aromatic rings. The van der Waals surface area contributed by atoms with Crippen LogP contribution in [0.5, 0.6) is 0 Å². The molecule has 0 saturated heterocycles. The first-order valence-corrected chi connectivity index (χ1v) is 8.95. The Balaban J connectivity index is 2.00. The van der Waals surface area contributed by atoms with Gasteiger partial charge in [0.1, 0.15) is 0 Å². The number of sulfonamides is 1. The van der Waals surface area contributed by atoms with E-state index >= 15 is 0 Å². The fraction of sp³-hybridized carbons (Fsp3) is 0.111. The molecule has 7 heteroatoms. The molecule has 0 unspecified atom stereocenters. The lowest BCUT2D eigenvalue weighted by atomic mass is 10.1. The first-order chi connectivity index (χ1) is 11.9. The monoisotopic (exact) mass is 353 g/mol. The van der Waals surface area contributed by atoms with E-state index in [1.54, 1.807) is 56.3 Å². The molecule has 0 radical (unpaired) electrons. The van der Waals surface area contributed by atoms with E-state index in [-0.39, 0.29) is 4.90 Å². The molecule has 0 atom stereocenters. The van der Waals surface area contributed by atoms with E-state index in [1.807, 2.05) is 6.07 Å². The molecule has 0 amide bonds. The molecule has 0 fully saturated rings. The number of nitrogens with zero attached hydrogens (tertiary/aromatic N) is 2. The highest BCUT2D eigenvalue weighted by Crippen LogP contribution is 2.27. The minimum atomic E-state index is -3.81. The molecule has 0 spiro atoms. The zero-order valence-electron chi connectivity index (χ0n) is 13.6. The van der Waals surface area contributed by atoms with E-state index in [0.29, 0.717) is 33.8 Å². The molecular weight excluding hydrogens is 338 g/mol. The maximum atomic E-state index is 12.8. The Hall–Kier alpha value is -3.11. The van der Waals surface area contributed by atoms with Crippen LogP contribution >= 0.6 is 0 Å². The van der Waals surface area contributed by atoms with Crippen LogP contribution in [0.1, 0.15) is 16.8 Å². The van der Waals surface area contributed by atoms with Gasteiger partial charge in [-0.15, -0.1) is 0 Å². The van der Waals surface area contributed by atoms with Crippen molar-refractivity contribution in [1.82, 2.24) is 5.16 Å². The van der Waals surface area contributed by atoms with Crippen LogP contribution in [-0.2, 0) is 10.0 Å². The third-order valence-corrected chi connectivity index (χ3v) is 5.16. The highest BCUT2D eigenvalue weighted by Gasteiger charge is 2.19. The minimum Gasteiger partial charge on any atom is -0.356 e. The maximum Gasteiger partial charge on any atom is 0.262 e. The van der Waals surface area contributed by atoms with Crippen LogP contribution in [0.3, 0.4) is 0 Å². The lowest BCUT2D eigenvalue weighted by Gasteiger charge is -2.11. The molecular formula is C18H15N3O3S. The summed E-state index contributed by atoms with van der Waals surface area (Å²) in [5.41, 5.74) is 2.65. The molecule has 126 valence electrons. The molecule has 6 nitrogen and oxygen atoms in total. The molecule has 1 aromatic heterocycles.